The standard InChI is InChI=1S/C16H26N2/c1-11-4-7-15(12(2)8-11)16(9-17)18-10-13(3)14-5-6-14/h4,7-8,13-14,16,18H,5-6,9-10,17H2,1-3H3. The fraction of sp³-hybridized carbons (Fsp3) is 0.625. The molecule has 1 aliphatic rings. The molecule has 2 atom stereocenters. The van der Waals surface area contributed by atoms with Crippen molar-refractivity contribution in [1.29, 1.82) is 0 Å². The van der Waals surface area contributed by atoms with Gasteiger partial charge in [0, 0.05) is 12.6 Å². The van der Waals surface area contributed by atoms with Gasteiger partial charge in [0.1, 0.15) is 0 Å². The van der Waals surface area contributed by atoms with E-state index in [1.807, 2.05) is 0 Å². The van der Waals surface area contributed by atoms with Gasteiger partial charge in [-0.15, -0.1) is 0 Å². The van der Waals surface area contributed by atoms with Crippen molar-refractivity contribution in [3.05, 3.63) is 34.9 Å². The molecule has 0 bridgehead atoms. The summed E-state index contributed by atoms with van der Waals surface area (Å²) < 4.78 is 0. The van der Waals surface area contributed by atoms with Gasteiger partial charge in [0.05, 0.1) is 0 Å². The van der Waals surface area contributed by atoms with Crippen molar-refractivity contribution in [3.63, 3.8) is 0 Å². The van der Waals surface area contributed by atoms with E-state index >= 15 is 0 Å². The first-order chi connectivity index (χ1) is 8.61. The van der Waals surface area contributed by atoms with E-state index in [0.29, 0.717) is 12.6 Å². The molecule has 0 aromatic heterocycles. The van der Waals surface area contributed by atoms with Crippen LogP contribution in [-0.4, -0.2) is 13.1 Å². The van der Waals surface area contributed by atoms with E-state index in [1.54, 1.807) is 0 Å². The fourth-order valence-electron chi connectivity index (χ4n) is 2.70. The molecule has 1 aromatic carbocycles. The Morgan fingerprint density at radius 2 is 2.06 bits per heavy atom. The molecule has 2 unspecified atom stereocenters. The Balaban J connectivity index is 1.98. The molecule has 1 aliphatic carbocycles. The summed E-state index contributed by atoms with van der Waals surface area (Å²) in [7, 11) is 0. The van der Waals surface area contributed by atoms with Gasteiger partial charge < -0.3 is 11.1 Å². The lowest BCUT2D eigenvalue weighted by Gasteiger charge is -2.22. The van der Waals surface area contributed by atoms with Crippen LogP contribution in [0.3, 0.4) is 0 Å². The Hall–Kier alpha value is -0.860. The minimum absolute atomic E-state index is 0.298. The third-order valence-corrected chi connectivity index (χ3v) is 4.15. The summed E-state index contributed by atoms with van der Waals surface area (Å²) in [5, 5.41) is 3.64. The summed E-state index contributed by atoms with van der Waals surface area (Å²) in [4.78, 5) is 0. The molecule has 1 saturated carbocycles. The minimum atomic E-state index is 0.298. The molecule has 2 heteroatoms. The number of aryl methyl sites for hydroxylation is 2. The maximum absolute atomic E-state index is 5.93. The van der Waals surface area contributed by atoms with Crippen molar-refractivity contribution in [1.82, 2.24) is 5.32 Å². The first-order valence-electron chi connectivity index (χ1n) is 7.12. The smallest absolute Gasteiger partial charge is 0.0447 e. The maximum Gasteiger partial charge on any atom is 0.0447 e. The molecule has 0 spiro atoms. The molecule has 0 amide bonds. The summed E-state index contributed by atoms with van der Waals surface area (Å²) in [5.74, 6) is 1.74. The predicted octanol–water partition coefficient (Wildman–Crippen LogP) is 2.94. The van der Waals surface area contributed by atoms with Crippen LogP contribution in [0.4, 0.5) is 0 Å². The molecule has 0 heterocycles. The molecule has 2 rings (SSSR count). The van der Waals surface area contributed by atoms with Crippen LogP contribution < -0.4 is 11.1 Å². The first-order valence-corrected chi connectivity index (χ1v) is 7.12. The zero-order valence-electron chi connectivity index (χ0n) is 11.9. The molecular formula is C16H26N2. The molecule has 0 saturated heterocycles. The van der Waals surface area contributed by atoms with E-state index in [2.05, 4.69) is 44.3 Å². The second kappa shape index (κ2) is 5.85. The van der Waals surface area contributed by atoms with Crippen molar-refractivity contribution < 1.29 is 0 Å². The zero-order valence-corrected chi connectivity index (χ0v) is 11.9. The van der Waals surface area contributed by atoms with Gasteiger partial charge in [-0.2, -0.15) is 0 Å². The highest BCUT2D eigenvalue weighted by Gasteiger charge is 2.28. The van der Waals surface area contributed by atoms with Crippen molar-refractivity contribution in [2.75, 3.05) is 13.1 Å². The van der Waals surface area contributed by atoms with Crippen LogP contribution in [0.5, 0.6) is 0 Å². The van der Waals surface area contributed by atoms with Crippen molar-refractivity contribution in [2.24, 2.45) is 17.6 Å². The highest BCUT2D eigenvalue weighted by atomic mass is 14.9. The van der Waals surface area contributed by atoms with Crippen molar-refractivity contribution in [3.8, 4) is 0 Å². The fourth-order valence-corrected chi connectivity index (χ4v) is 2.70. The first kappa shape index (κ1) is 13.6. The summed E-state index contributed by atoms with van der Waals surface area (Å²) >= 11 is 0. The van der Waals surface area contributed by atoms with Crippen LogP contribution in [0.2, 0.25) is 0 Å². The van der Waals surface area contributed by atoms with Crippen LogP contribution in [0, 0.1) is 25.7 Å². The van der Waals surface area contributed by atoms with Gasteiger partial charge in [0.2, 0.25) is 0 Å². The van der Waals surface area contributed by atoms with Crippen molar-refractivity contribution >= 4 is 0 Å². The second-order valence-corrected chi connectivity index (χ2v) is 5.87. The van der Waals surface area contributed by atoms with Gasteiger partial charge in [-0.3, -0.25) is 0 Å². The molecule has 0 aliphatic heterocycles. The number of rotatable bonds is 6. The number of hydrogen-bond donors (Lipinski definition) is 2. The maximum atomic E-state index is 5.93. The van der Waals surface area contributed by atoms with Crippen LogP contribution in [-0.2, 0) is 0 Å². The highest BCUT2D eigenvalue weighted by molar-refractivity contribution is 5.33. The van der Waals surface area contributed by atoms with E-state index in [1.165, 1.54) is 29.5 Å². The average Bonchev–Trinajstić information content (AvgIpc) is 3.15. The van der Waals surface area contributed by atoms with E-state index < -0.39 is 0 Å². The van der Waals surface area contributed by atoms with E-state index in [4.69, 9.17) is 5.73 Å². The second-order valence-electron chi connectivity index (χ2n) is 5.87. The molecule has 1 fully saturated rings. The monoisotopic (exact) mass is 246 g/mol. The SMILES string of the molecule is Cc1ccc(C(CN)NCC(C)C2CC2)c(C)c1. The molecule has 1 aromatic rings. The van der Waals surface area contributed by atoms with E-state index in [-0.39, 0.29) is 0 Å². The van der Waals surface area contributed by atoms with Gasteiger partial charge >= 0.3 is 0 Å². The minimum Gasteiger partial charge on any atom is -0.329 e. The summed E-state index contributed by atoms with van der Waals surface area (Å²) in [6, 6.07) is 6.93. The lowest BCUT2D eigenvalue weighted by molar-refractivity contribution is 0.422. The van der Waals surface area contributed by atoms with E-state index in [0.717, 1.165) is 18.4 Å². The number of nitrogens with one attached hydrogen (secondary N) is 1. The molecule has 3 N–H and O–H groups in total. The largest absolute Gasteiger partial charge is 0.329 e. The Kier molecular flexibility index (Phi) is 4.41. The molecule has 2 nitrogen and oxygen atoms in total. The molecule has 0 radical (unpaired) electrons. The number of nitrogens with two attached hydrogens (primary N) is 1. The lowest BCUT2D eigenvalue weighted by atomic mass is 9.98. The predicted molar refractivity (Wildman–Crippen MR) is 77.6 cm³/mol. The highest BCUT2D eigenvalue weighted by Crippen LogP contribution is 2.36. The van der Waals surface area contributed by atoms with Gasteiger partial charge in [0.15, 0.2) is 0 Å². The lowest BCUT2D eigenvalue weighted by Crippen LogP contribution is -2.32. The number of benzene rings is 1. The molecular weight excluding hydrogens is 220 g/mol. The van der Waals surface area contributed by atoms with Gasteiger partial charge in [0.25, 0.3) is 0 Å². The molecule has 18 heavy (non-hydrogen) atoms. The van der Waals surface area contributed by atoms with Gasteiger partial charge in [-0.1, -0.05) is 30.7 Å². The van der Waals surface area contributed by atoms with Crippen LogP contribution in [0.1, 0.15) is 42.5 Å². The third-order valence-electron chi connectivity index (χ3n) is 4.15. The average molecular weight is 246 g/mol. The van der Waals surface area contributed by atoms with Crippen LogP contribution >= 0.6 is 0 Å². The Morgan fingerprint density at radius 3 is 2.61 bits per heavy atom. The van der Waals surface area contributed by atoms with Crippen molar-refractivity contribution in [2.45, 2.75) is 39.7 Å². The van der Waals surface area contributed by atoms with Gasteiger partial charge in [-0.05, 0) is 56.2 Å². The summed E-state index contributed by atoms with van der Waals surface area (Å²) in [6.45, 7) is 8.41. The van der Waals surface area contributed by atoms with Crippen LogP contribution in [0.25, 0.3) is 0 Å². The Bertz CT molecular complexity index is 396. The number of hydrogen-bond acceptors (Lipinski definition) is 2. The van der Waals surface area contributed by atoms with Crippen LogP contribution in [0.15, 0.2) is 18.2 Å². The quantitative estimate of drug-likeness (QED) is 0.810. The summed E-state index contributed by atoms with van der Waals surface area (Å²) in [5.41, 5.74) is 9.94. The third kappa shape index (κ3) is 3.33. The van der Waals surface area contributed by atoms with E-state index in [9.17, 15) is 0 Å². The van der Waals surface area contributed by atoms with Gasteiger partial charge in [-0.25, -0.2) is 0 Å². The summed E-state index contributed by atoms with van der Waals surface area (Å²) in [6.07, 6.45) is 2.83. The Labute approximate surface area is 111 Å². The zero-order chi connectivity index (χ0) is 13.1. The Morgan fingerprint density at radius 1 is 1.33 bits per heavy atom. The topological polar surface area (TPSA) is 38.0 Å². The molecule has 100 valence electrons. The normalized spacial score (nSPS) is 18.7.